The molecular weight excluding hydrogens is 292 g/mol. The van der Waals surface area contributed by atoms with E-state index in [9.17, 15) is 15.0 Å². The third-order valence-corrected chi connectivity index (χ3v) is 3.07. The summed E-state index contributed by atoms with van der Waals surface area (Å²) < 4.78 is 0. The number of hydrogen-bond donors (Lipinski definition) is 3. The van der Waals surface area contributed by atoms with Crippen LogP contribution in [-0.4, -0.2) is 33.5 Å². The van der Waals surface area contributed by atoms with Crippen LogP contribution < -0.4 is 0 Å². The van der Waals surface area contributed by atoms with Crippen molar-refractivity contribution in [3.63, 3.8) is 0 Å². The van der Waals surface area contributed by atoms with Gasteiger partial charge in [0.1, 0.15) is 0 Å². The first-order valence-electron chi connectivity index (χ1n) is 7.75. The van der Waals surface area contributed by atoms with E-state index in [4.69, 9.17) is 5.11 Å². The van der Waals surface area contributed by atoms with Crippen molar-refractivity contribution in [3.05, 3.63) is 59.3 Å². The van der Waals surface area contributed by atoms with Gasteiger partial charge < -0.3 is 15.3 Å². The van der Waals surface area contributed by atoms with E-state index in [0.29, 0.717) is 6.42 Å². The largest absolute Gasteiger partial charge is 0.478 e. The van der Waals surface area contributed by atoms with Crippen LogP contribution in [-0.2, 0) is 4.79 Å². The van der Waals surface area contributed by atoms with E-state index in [0.717, 1.165) is 29.2 Å². The van der Waals surface area contributed by atoms with Gasteiger partial charge in [-0.2, -0.15) is 0 Å². The van der Waals surface area contributed by atoms with E-state index in [1.54, 1.807) is 12.2 Å². The van der Waals surface area contributed by atoms with Crippen molar-refractivity contribution >= 4 is 5.97 Å². The molecule has 0 unspecified atom stereocenters. The molecule has 0 amide bonds. The highest BCUT2D eigenvalue weighted by Crippen LogP contribution is 2.08. The number of carboxylic acids is 1. The predicted octanol–water partition coefficient (Wildman–Crippen LogP) is 3.54. The van der Waals surface area contributed by atoms with Crippen LogP contribution in [0.15, 0.2) is 59.3 Å². The average Bonchev–Trinajstić information content (AvgIpc) is 2.45. The second kappa shape index (κ2) is 11.6. The number of carbonyl (C=O) groups is 1. The molecule has 4 heteroatoms. The highest BCUT2D eigenvalue weighted by Gasteiger charge is 2.11. The second-order valence-electron chi connectivity index (χ2n) is 5.59. The van der Waals surface area contributed by atoms with Crippen molar-refractivity contribution < 1.29 is 20.1 Å². The van der Waals surface area contributed by atoms with Crippen LogP contribution in [0, 0.1) is 0 Å². The Kier molecular flexibility index (Phi) is 10.7. The molecule has 0 aliphatic rings. The Morgan fingerprint density at radius 3 is 2.22 bits per heavy atom. The van der Waals surface area contributed by atoms with Crippen LogP contribution in [0.25, 0.3) is 0 Å². The normalized spacial score (nSPS) is 17.0. The lowest BCUT2D eigenvalue weighted by atomic mass is 10.1. The monoisotopic (exact) mass is 320 g/mol. The summed E-state index contributed by atoms with van der Waals surface area (Å²) >= 11 is 0. The summed E-state index contributed by atoms with van der Waals surface area (Å²) in [4.78, 5) is 10.4. The summed E-state index contributed by atoms with van der Waals surface area (Å²) in [5.41, 5.74) is 2.69. The van der Waals surface area contributed by atoms with Crippen LogP contribution in [0.5, 0.6) is 0 Å². The van der Waals surface area contributed by atoms with Gasteiger partial charge in [-0.15, -0.1) is 0 Å². The van der Waals surface area contributed by atoms with E-state index in [1.165, 1.54) is 0 Å². The fraction of sp³-hybridized carbons (Fsp3) is 0.421. The highest BCUT2D eigenvalue weighted by atomic mass is 16.4. The summed E-state index contributed by atoms with van der Waals surface area (Å²) in [5, 5.41) is 28.1. The maximum Gasteiger partial charge on any atom is 0.328 e. The SMILES string of the molecule is CCC[C@@H](O)[C@H](O)/C=C(C)/C=C/C=C(C)/C=C(C)/C=C/C(=O)O. The van der Waals surface area contributed by atoms with Crippen molar-refractivity contribution in [2.24, 2.45) is 0 Å². The van der Waals surface area contributed by atoms with Crippen molar-refractivity contribution in [3.8, 4) is 0 Å². The molecule has 0 aliphatic carbocycles. The zero-order valence-corrected chi connectivity index (χ0v) is 14.4. The van der Waals surface area contributed by atoms with Crippen molar-refractivity contribution in [1.82, 2.24) is 0 Å². The van der Waals surface area contributed by atoms with Gasteiger partial charge in [-0.25, -0.2) is 4.79 Å². The number of allylic oxidation sites excluding steroid dienone is 8. The summed E-state index contributed by atoms with van der Waals surface area (Å²) in [6.45, 7) is 7.57. The van der Waals surface area contributed by atoms with Gasteiger partial charge in [-0.1, -0.05) is 66.5 Å². The number of aliphatic hydroxyl groups is 2. The van der Waals surface area contributed by atoms with Gasteiger partial charge in [-0.3, -0.25) is 0 Å². The maximum atomic E-state index is 10.4. The molecule has 0 aliphatic heterocycles. The zero-order chi connectivity index (χ0) is 17.8. The van der Waals surface area contributed by atoms with Gasteiger partial charge in [0.2, 0.25) is 0 Å². The van der Waals surface area contributed by atoms with E-state index in [2.05, 4.69) is 0 Å². The van der Waals surface area contributed by atoms with Crippen molar-refractivity contribution in [1.29, 1.82) is 0 Å². The van der Waals surface area contributed by atoms with E-state index >= 15 is 0 Å². The van der Waals surface area contributed by atoms with Crippen LogP contribution in [0.4, 0.5) is 0 Å². The molecule has 0 aromatic rings. The van der Waals surface area contributed by atoms with E-state index in [1.807, 2.05) is 52.0 Å². The van der Waals surface area contributed by atoms with E-state index in [-0.39, 0.29) is 0 Å². The third-order valence-electron chi connectivity index (χ3n) is 3.07. The van der Waals surface area contributed by atoms with Crippen LogP contribution in [0.2, 0.25) is 0 Å². The zero-order valence-electron chi connectivity index (χ0n) is 14.4. The number of hydrogen-bond acceptors (Lipinski definition) is 3. The minimum atomic E-state index is -0.969. The Bertz CT molecular complexity index is 521. The van der Waals surface area contributed by atoms with Gasteiger partial charge in [0.15, 0.2) is 0 Å². The number of carboxylic acid groups (broad SMARTS) is 1. The molecule has 0 saturated carbocycles. The minimum Gasteiger partial charge on any atom is -0.478 e. The minimum absolute atomic E-state index is 0.571. The molecule has 0 radical (unpaired) electrons. The van der Waals surface area contributed by atoms with Gasteiger partial charge in [0.25, 0.3) is 0 Å². The Hall–Kier alpha value is -1.91. The second-order valence-corrected chi connectivity index (χ2v) is 5.59. The standard InChI is InChI=1S/C19H28O4/c1-5-7-17(20)18(21)13-15(3)9-6-8-14(2)12-16(4)10-11-19(22)23/h6,8-13,17-18,20-21H,5,7H2,1-4H3,(H,22,23)/b9-6+,11-10+,14-8+,15-13+,16-12+/t17-,18-/m1/s1. The highest BCUT2D eigenvalue weighted by molar-refractivity contribution is 5.80. The van der Waals surface area contributed by atoms with Crippen LogP contribution in [0.1, 0.15) is 40.5 Å². The molecule has 0 aromatic heterocycles. The van der Waals surface area contributed by atoms with Crippen LogP contribution in [0.3, 0.4) is 0 Å². The lowest BCUT2D eigenvalue weighted by Gasteiger charge is -2.13. The first-order valence-corrected chi connectivity index (χ1v) is 7.75. The third kappa shape index (κ3) is 11.3. The molecule has 4 nitrogen and oxygen atoms in total. The molecule has 0 rings (SSSR count). The first kappa shape index (κ1) is 21.1. The number of rotatable bonds is 9. The average molecular weight is 320 g/mol. The molecule has 3 N–H and O–H groups in total. The van der Waals surface area contributed by atoms with Crippen molar-refractivity contribution in [2.45, 2.75) is 52.7 Å². The molecule has 2 atom stereocenters. The fourth-order valence-corrected chi connectivity index (χ4v) is 1.91. The van der Waals surface area contributed by atoms with Gasteiger partial charge >= 0.3 is 5.97 Å². The van der Waals surface area contributed by atoms with Crippen molar-refractivity contribution in [2.75, 3.05) is 0 Å². The molecule has 0 heterocycles. The van der Waals surface area contributed by atoms with Crippen LogP contribution >= 0.6 is 0 Å². The van der Waals surface area contributed by atoms with Gasteiger partial charge in [-0.05, 0) is 27.2 Å². The van der Waals surface area contributed by atoms with Gasteiger partial charge in [0, 0.05) is 6.08 Å². The van der Waals surface area contributed by atoms with E-state index < -0.39 is 18.2 Å². The summed E-state index contributed by atoms with van der Waals surface area (Å²) in [6.07, 6.45) is 11.6. The Morgan fingerprint density at radius 2 is 1.65 bits per heavy atom. The molecule has 0 bridgehead atoms. The first-order chi connectivity index (χ1) is 10.8. The number of aliphatic hydroxyl groups excluding tert-OH is 2. The Balaban J connectivity index is 4.71. The molecule has 0 spiro atoms. The lowest BCUT2D eigenvalue weighted by Crippen LogP contribution is -2.23. The fourth-order valence-electron chi connectivity index (χ4n) is 1.91. The molecular formula is C19H28O4. The lowest BCUT2D eigenvalue weighted by molar-refractivity contribution is -0.131. The van der Waals surface area contributed by atoms with Gasteiger partial charge in [0.05, 0.1) is 12.2 Å². The smallest absolute Gasteiger partial charge is 0.328 e. The predicted molar refractivity (Wildman–Crippen MR) is 94.1 cm³/mol. The number of aliphatic carboxylic acids is 1. The molecule has 0 saturated heterocycles. The topological polar surface area (TPSA) is 77.8 Å². The summed E-state index contributed by atoms with van der Waals surface area (Å²) in [7, 11) is 0. The molecule has 0 aromatic carbocycles. The quantitative estimate of drug-likeness (QED) is 0.448. The summed E-state index contributed by atoms with van der Waals surface area (Å²) in [5.74, 6) is -0.969. The summed E-state index contributed by atoms with van der Waals surface area (Å²) in [6, 6.07) is 0. The Morgan fingerprint density at radius 1 is 1.00 bits per heavy atom. The molecule has 0 fully saturated rings. The Labute approximate surface area is 138 Å². The maximum absolute atomic E-state index is 10.4. The molecule has 23 heavy (non-hydrogen) atoms. The molecule has 128 valence electrons.